The van der Waals surface area contributed by atoms with E-state index in [9.17, 15) is 13.2 Å². The molecule has 1 saturated heterocycles. The molecule has 106 valence electrons. The molecule has 2 atom stereocenters. The second-order valence-electron chi connectivity index (χ2n) is 4.76. The number of anilines is 1. The fraction of sp³-hybridized carbons (Fsp3) is 0.538. The summed E-state index contributed by atoms with van der Waals surface area (Å²) in [5, 5.41) is 6.05. The maximum absolute atomic E-state index is 13.5. The van der Waals surface area contributed by atoms with Gasteiger partial charge in [-0.05, 0) is 13.3 Å². The summed E-state index contributed by atoms with van der Waals surface area (Å²) in [6, 6.07) is 1.52. The highest BCUT2D eigenvalue weighted by molar-refractivity contribution is 5.46. The Balaban J connectivity index is 1.96. The van der Waals surface area contributed by atoms with Crippen molar-refractivity contribution in [3.05, 3.63) is 29.6 Å². The van der Waals surface area contributed by atoms with E-state index in [1.165, 1.54) is 0 Å². The molecule has 1 aliphatic heterocycles. The molecule has 0 spiro atoms. The van der Waals surface area contributed by atoms with Crippen molar-refractivity contribution in [3.8, 4) is 0 Å². The molecule has 3 nitrogen and oxygen atoms in total. The molecule has 0 aliphatic carbocycles. The van der Waals surface area contributed by atoms with Crippen molar-refractivity contribution in [2.45, 2.75) is 25.4 Å². The number of ether oxygens (including phenoxy) is 1. The predicted molar refractivity (Wildman–Crippen MR) is 66.6 cm³/mol. The van der Waals surface area contributed by atoms with Crippen molar-refractivity contribution in [3.63, 3.8) is 0 Å². The van der Waals surface area contributed by atoms with Gasteiger partial charge in [-0.1, -0.05) is 0 Å². The SMILES string of the molecule is CC(CC1COCCN1)Nc1cc(F)cc(F)c1F. The average molecular weight is 274 g/mol. The zero-order valence-electron chi connectivity index (χ0n) is 10.7. The van der Waals surface area contributed by atoms with Gasteiger partial charge in [0.1, 0.15) is 5.82 Å². The van der Waals surface area contributed by atoms with E-state index in [0.29, 0.717) is 25.7 Å². The van der Waals surface area contributed by atoms with E-state index < -0.39 is 17.5 Å². The van der Waals surface area contributed by atoms with Crippen LogP contribution in [-0.2, 0) is 4.74 Å². The molecular weight excluding hydrogens is 257 g/mol. The van der Waals surface area contributed by atoms with Crippen LogP contribution in [0.3, 0.4) is 0 Å². The van der Waals surface area contributed by atoms with Crippen molar-refractivity contribution in [1.82, 2.24) is 5.32 Å². The molecule has 0 bridgehead atoms. The van der Waals surface area contributed by atoms with E-state index in [4.69, 9.17) is 4.74 Å². The topological polar surface area (TPSA) is 33.3 Å². The summed E-state index contributed by atoms with van der Waals surface area (Å²) < 4.78 is 44.9. The fourth-order valence-corrected chi connectivity index (χ4v) is 2.18. The Kier molecular flexibility index (Phi) is 4.66. The van der Waals surface area contributed by atoms with Gasteiger partial charge in [-0.25, -0.2) is 13.2 Å². The van der Waals surface area contributed by atoms with Crippen molar-refractivity contribution < 1.29 is 17.9 Å². The summed E-state index contributed by atoms with van der Waals surface area (Å²) in [4.78, 5) is 0. The standard InChI is InChI=1S/C13H17F3N2O/c1-8(4-10-7-19-3-2-17-10)18-12-6-9(14)5-11(15)13(12)16/h5-6,8,10,17-18H,2-4,7H2,1H3. The summed E-state index contributed by atoms with van der Waals surface area (Å²) >= 11 is 0. The minimum absolute atomic E-state index is 0.130. The van der Waals surface area contributed by atoms with Gasteiger partial charge in [0.15, 0.2) is 11.6 Å². The number of nitrogens with one attached hydrogen (secondary N) is 2. The molecule has 0 amide bonds. The van der Waals surface area contributed by atoms with Crippen molar-refractivity contribution >= 4 is 5.69 Å². The van der Waals surface area contributed by atoms with Crippen LogP contribution in [0.5, 0.6) is 0 Å². The van der Waals surface area contributed by atoms with E-state index in [1.54, 1.807) is 0 Å². The normalized spacial score (nSPS) is 21.2. The van der Waals surface area contributed by atoms with Gasteiger partial charge in [0.2, 0.25) is 0 Å². The van der Waals surface area contributed by atoms with E-state index in [-0.39, 0.29) is 17.8 Å². The molecule has 6 heteroatoms. The Morgan fingerprint density at radius 3 is 2.89 bits per heavy atom. The number of benzene rings is 1. The van der Waals surface area contributed by atoms with Crippen LogP contribution < -0.4 is 10.6 Å². The number of morpholine rings is 1. The van der Waals surface area contributed by atoms with Crippen LogP contribution in [0.25, 0.3) is 0 Å². The van der Waals surface area contributed by atoms with Crippen LogP contribution in [0, 0.1) is 17.5 Å². The Labute approximate surface area is 110 Å². The maximum Gasteiger partial charge on any atom is 0.182 e. The molecule has 2 N–H and O–H groups in total. The average Bonchev–Trinajstić information content (AvgIpc) is 2.36. The molecule has 1 aromatic rings. The van der Waals surface area contributed by atoms with Gasteiger partial charge in [0.05, 0.1) is 18.9 Å². The van der Waals surface area contributed by atoms with Crippen LogP contribution in [-0.4, -0.2) is 31.8 Å². The highest BCUT2D eigenvalue weighted by Crippen LogP contribution is 2.20. The molecular formula is C13H17F3N2O. The van der Waals surface area contributed by atoms with Crippen molar-refractivity contribution in [2.24, 2.45) is 0 Å². The first-order valence-electron chi connectivity index (χ1n) is 6.28. The second kappa shape index (κ2) is 6.25. The number of halogens is 3. The molecule has 19 heavy (non-hydrogen) atoms. The Morgan fingerprint density at radius 1 is 1.42 bits per heavy atom. The van der Waals surface area contributed by atoms with E-state index in [1.807, 2.05) is 6.92 Å². The van der Waals surface area contributed by atoms with Crippen LogP contribution in [0.1, 0.15) is 13.3 Å². The third-order valence-electron chi connectivity index (χ3n) is 3.03. The van der Waals surface area contributed by atoms with Crippen LogP contribution in [0.2, 0.25) is 0 Å². The molecule has 2 unspecified atom stereocenters. The molecule has 2 rings (SSSR count). The lowest BCUT2D eigenvalue weighted by molar-refractivity contribution is 0.0731. The molecule has 0 radical (unpaired) electrons. The third kappa shape index (κ3) is 3.84. The minimum Gasteiger partial charge on any atom is -0.380 e. The van der Waals surface area contributed by atoms with Gasteiger partial charge in [-0.3, -0.25) is 0 Å². The Hall–Kier alpha value is -1.27. The molecule has 0 aromatic heterocycles. The zero-order chi connectivity index (χ0) is 13.8. The minimum atomic E-state index is -1.19. The Morgan fingerprint density at radius 2 is 2.21 bits per heavy atom. The van der Waals surface area contributed by atoms with E-state index in [0.717, 1.165) is 12.6 Å². The summed E-state index contributed by atoms with van der Waals surface area (Å²) in [5.74, 6) is -3.04. The quantitative estimate of drug-likeness (QED) is 0.826. The first kappa shape index (κ1) is 14.1. The summed E-state index contributed by atoms with van der Waals surface area (Å²) in [6.45, 7) is 3.88. The largest absolute Gasteiger partial charge is 0.380 e. The fourth-order valence-electron chi connectivity index (χ4n) is 2.18. The van der Waals surface area contributed by atoms with Gasteiger partial charge >= 0.3 is 0 Å². The number of rotatable bonds is 4. The molecule has 1 aromatic carbocycles. The lowest BCUT2D eigenvalue weighted by Gasteiger charge is -2.27. The highest BCUT2D eigenvalue weighted by Gasteiger charge is 2.18. The van der Waals surface area contributed by atoms with Crippen LogP contribution in [0.15, 0.2) is 12.1 Å². The van der Waals surface area contributed by atoms with Gasteiger partial charge in [0, 0.05) is 30.8 Å². The third-order valence-corrected chi connectivity index (χ3v) is 3.03. The summed E-state index contributed by atoms with van der Waals surface area (Å²) in [6.07, 6.45) is 0.678. The monoisotopic (exact) mass is 274 g/mol. The first-order chi connectivity index (χ1) is 9.06. The zero-order valence-corrected chi connectivity index (χ0v) is 10.7. The lowest BCUT2D eigenvalue weighted by atomic mass is 10.1. The first-order valence-corrected chi connectivity index (χ1v) is 6.28. The van der Waals surface area contributed by atoms with Crippen LogP contribution >= 0.6 is 0 Å². The Bertz CT molecular complexity index is 436. The number of hydrogen-bond acceptors (Lipinski definition) is 3. The predicted octanol–water partition coefficient (Wildman–Crippen LogP) is 2.28. The van der Waals surface area contributed by atoms with Crippen molar-refractivity contribution in [1.29, 1.82) is 0 Å². The summed E-state index contributed by atoms with van der Waals surface area (Å²) in [7, 11) is 0. The van der Waals surface area contributed by atoms with Gasteiger partial charge in [-0.2, -0.15) is 0 Å². The molecule has 1 fully saturated rings. The molecule has 1 heterocycles. The molecule has 0 saturated carbocycles. The summed E-state index contributed by atoms with van der Waals surface area (Å²) in [5.41, 5.74) is -0.151. The molecule has 1 aliphatic rings. The maximum atomic E-state index is 13.5. The van der Waals surface area contributed by atoms with Gasteiger partial charge in [-0.15, -0.1) is 0 Å². The van der Waals surface area contributed by atoms with E-state index in [2.05, 4.69) is 10.6 Å². The lowest BCUT2D eigenvalue weighted by Crippen LogP contribution is -2.43. The number of hydrogen-bond donors (Lipinski definition) is 2. The second-order valence-corrected chi connectivity index (χ2v) is 4.76. The smallest absolute Gasteiger partial charge is 0.182 e. The highest BCUT2D eigenvalue weighted by atomic mass is 19.2. The van der Waals surface area contributed by atoms with Gasteiger partial charge < -0.3 is 15.4 Å². The van der Waals surface area contributed by atoms with Gasteiger partial charge in [0.25, 0.3) is 0 Å². The van der Waals surface area contributed by atoms with Crippen molar-refractivity contribution in [2.75, 3.05) is 25.1 Å². The van der Waals surface area contributed by atoms with E-state index >= 15 is 0 Å². The van der Waals surface area contributed by atoms with Crippen LogP contribution in [0.4, 0.5) is 18.9 Å².